The third-order valence-electron chi connectivity index (χ3n) is 5.18. The van der Waals surface area contributed by atoms with E-state index in [1.165, 1.54) is 0 Å². The number of rotatable bonds is 8. The van der Waals surface area contributed by atoms with Crippen molar-refractivity contribution < 1.29 is 26.4 Å². The van der Waals surface area contributed by atoms with Gasteiger partial charge in [0.15, 0.2) is 11.4 Å². The van der Waals surface area contributed by atoms with Crippen molar-refractivity contribution in [2.45, 2.75) is 50.5 Å². The normalized spacial score (nSPS) is 22.1. The lowest BCUT2D eigenvalue weighted by molar-refractivity contribution is -0.143. The summed E-state index contributed by atoms with van der Waals surface area (Å²) in [7, 11) is -6.67. The van der Waals surface area contributed by atoms with Gasteiger partial charge in [-0.2, -0.15) is 0 Å². The number of ether oxygens (including phenoxy) is 1. The van der Waals surface area contributed by atoms with Crippen LogP contribution in [-0.2, 0) is 29.9 Å². The Morgan fingerprint density at radius 2 is 1.44 bits per heavy atom. The molecule has 1 aromatic rings. The highest BCUT2D eigenvalue weighted by atomic mass is 32.2. The van der Waals surface area contributed by atoms with Crippen LogP contribution in [0.3, 0.4) is 0 Å². The molecule has 1 aromatic carbocycles. The van der Waals surface area contributed by atoms with E-state index in [0.29, 0.717) is 24.2 Å². The number of hydrogen-bond acceptors (Lipinski definition) is 6. The third-order valence-corrected chi connectivity index (χ3v) is 7.07. The summed E-state index contributed by atoms with van der Waals surface area (Å²) in [4.78, 5) is 13.6. The van der Waals surface area contributed by atoms with Crippen molar-refractivity contribution in [3.8, 4) is 5.75 Å². The minimum atomic E-state index is -3.33. The van der Waals surface area contributed by atoms with Gasteiger partial charge in [0, 0.05) is 18.1 Å². The van der Waals surface area contributed by atoms with E-state index in [1.807, 2.05) is 6.92 Å². The SMILES string of the molecule is CCCC1(C)Oc2ccccc2C(CCS(C)(=O)=O)(CCS(C)(=O)=O)C1=O. The van der Waals surface area contributed by atoms with Crippen molar-refractivity contribution in [2.75, 3.05) is 24.0 Å². The van der Waals surface area contributed by atoms with E-state index in [-0.39, 0.29) is 30.1 Å². The molecule has 0 bridgehead atoms. The maximum absolute atomic E-state index is 13.6. The fraction of sp³-hybridized carbons (Fsp3) is 0.632. The molecule has 0 saturated heterocycles. The van der Waals surface area contributed by atoms with Gasteiger partial charge in [-0.1, -0.05) is 31.5 Å². The second-order valence-electron chi connectivity index (χ2n) is 7.75. The molecule has 27 heavy (non-hydrogen) atoms. The highest BCUT2D eigenvalue weighted by Crippen LogP contribution is 2.48. The molecule has 0 spiro atoms. The summed E-state index contributed by atoms with van der Waals surface area (Å²) in [5.41, 5.74) is -1.74. The topological polar surface area (TPSA) is 94.6 Å². The average Bonchev–Trinajstić information content (AvgIpc) is 2.53. The number of carbonyl (C=O) groups excluding carboxylic acids is 1. The van der Waals surface area contributed by atoms with Crippen LogP contribution in [-0.4, -0.2) is 52.2 Å². The second-order valence-corrected chi connectivity index (χ2v) is 12.3. The average molecular weight is 417 g/mol. The largest absolute Gasteiger partial charge is 0.479 e. The molecule has 1 aliphatic rings. The van der Waals surface area contributed by atoms with Gasteiger partial charge in [-0.05, 0) is 32.3 Å². The van der Waals surface area contributed by atoms with Gasteiger partial charge in [-0.15, -0.1) is 0 Å². The van der Waals surface area contributed by atoms with E-state index in [4.69, 9.17) is 4.74 Å². The van der Waals surface area contributed by atoms with Gasteiger partial charge in [-0.3, -0.25) is 4.79 Å². The van der Waals surface area contributed by atoms with Crippen LogP contribution in [0.15, 0.2) is 24.3 Å². The van der Waals surface area contributed by atoms with Crippen LogP contribution in [0.25, 0.3) is 0 Å². The molecule has 0 aromatic heterocycles. The minimum Gasteiger partial charge on any atom is -0.479 e. The first kappa shape index (κ1) is 21.9. The van der Waals surface area contributed by atoms with E-state index in [2.05, 4.69) is 0 Å². The highest BCUT2D eigenvalue weighted by molar-refractivity contribution is 7.90. The summed E-state index contributed by atoms with van der Waals surface area (Å²) in [6, 6.07) is 7.04. The van der Waals surface area contributed by atoms with E-state index < -0.39 is 30.7 Å². The Balaban J connectivity index is 2.66. The van der Waals surface area contributed by atoms with Crippen LogP contribution in [0.5, 0.6) is 5.75 Å². The number of carbonyl (C=O) groups is 1. The number of hydrogen-bond donors (Lipinski definition) is 0. The standard InChI is InChI=1S/C19H28O6S2/c1-5-10-18(2)17(20)19(11-13-26(3,21)22,12-14-27(4,23)24)15-8-6-7-9-16(15)25-18/h6-9H,5,10-14H2,1-4H3. The van der Waals surface area contributed by atoms with Gasteiger partial charge in [0.25, 0.3) is 0 Å². The van der Waals surface area contributed by atoms with Crippen molar-refractivity contribution in [1.82, 2.24) is 0 Å². The Kier molecular flexibility index (Phi) is 6.11. The first-order valence-corrected chi connectivity index (χ1v) is 13.1. The molecule has 2 rings (SSSR count). The molecular formula is C19H28O6S2. The molecule has 0 saturated carbocycles. The zero-order valence-electron chi connectivity index (χ0n) is 16.3. The maximum atomic E-state index is 13.6. The van der Waals surface area contributed by atoms with E-state index >= 15 is 0 Å². The lowest BCUT2D eigenvalue weighted by Crippen LogP contribution is -2.57. The van der Waals surface area contributed by atoms with Crippen molar-refractivity contribution >= 4 is 25.5 Å². The van der Waals surface area contributed by atoms with Crippen LogP contribution in [0.2, 0.25) is 0 Å². The summed E-state index contributed by atoms with van der Waals surface area (Å²) in [6.07, 6.45) is 3.51. The predicted molar refractivity (Wildman–Crippen MR) is 106 cm³/mol. The van der Waals surface area contributed by atoms with Gasteiger partial charge in [-0.25, -0.2) is 16.8 Å². The molecule has 1 unspecified atom stereocenters. The van der Waals surface area contributed by atoms with Crippen LogP contribution in [0, 0.1) is 0 Å². The van der Waals surface area contributed by atoms with Crippen molar-refractivity contribution in [3.05, 3.63) is 29.8 Å². The first-order chi connectivity index (χ1) is 12.3. The van der Waals surface area contributed by atoms with E-state index in [1.54, 1.807) is 31.2 Å². The molecule has 152 valence electrons. The van der Waals surface area contributed by atoms with E-state index in [9.17, 15) is 21.6 Å². The molecule has 0 amide bonds. The van der Waals surface area contributed by atoms with Crippen LogP contribution in [0.1, 0.15) is 45.1 Å². The monoisotopic (exact) mass is 416 g/mol. The number of ketones is 1. The smallest absolute Gasteiger partial charge is 0.186 e. The molecule has 1 heterocycles. The number of para-hydroxylation sites is 1. The van der Waals surface area contributed by atoms with Crippen LogP contribution < -0.4 is 4.74 Å². The summed E-state index contributed by atoms with van der Waals surface area (Å²) in [5.74, 6) is -0.101. The Bertz CT molecular complexity index is 881. The first-order valence-electron chi connectivity index (χ1n) is 9.02. The molecule has 8 heteroatoms. The lowest BCUT2D eigenvalue weighted by atomic mass is 9.65. The van der Waals surface area contributed by atoms with Gasteiger partial charge in [0.2, 0.25) is 0 Å². The van der Waals surface area contributed by atoms with Crippen molar-refractivity contribution in [3.63, 3.8) is 0 Å². The molecule has 1 aliphatic heterocycles. The maximum Gasteiger partial charge on any atom is 0.186 e. The Hall–Kier alpha value is -1.41. The number of sulfone groups is 2. The minimum absolute atomic E-state index is 0.0415. The Morgan fingerprint density at radius 3 is 1.93 bits per heavy atom. The molecular weight excluding hydrogens is 388 g/mol. The predicted octanol–water partition coefficient (Wildman–Crippen LogP) is 2.31. The lowest BCUT2D eigenvalue weighted by Gasteiger charge is -2.46. The zero-order chi connectivity index (χ0) is 20.5. The number of fused-ring (bicyclic) bond motifs is 1. The molecule has 6 nitrogen and oxygen atoms in total. The van der Waals surface area contributed by atoms with Crippen LogP contribution in [0.4, 0.5) is 0 Å². The molecule has 0 N–H and O–H groups in total. The van der Waals surface area contributed by atoms with Crippen molar-refractivity contribution in [1.29, 1.82) is 0 Å². The van der Waals surface area contributed by atoms with Gasteiger partial charge in [0.05, 0.1) is 16.9 Å². The summed E-state index contributed by atoms with van der Waals surface area (Å²) in [5, 5.41) is 0. The van der Waals surface area contributed by atoms with Crippen LogP contribution >= 0.6 is 0 Å². The summed E-state index contributed by atoms with van der Waals surface area (Å²) in [6.45, 7) is 3.65. The van der Waals surface area contributed by atoms with E-state index in [0.717, 1.165) is 12.5 Å². The third kappa shape index (κ3) is 4.90. The molecule has 1 atom stereocenters. The highest BCUT2D eigenvalue weighted by Gasteiger charge is 2.54. The second kappa shape index (κ2) is 7.54. The zero-order valence-corrected chi connectivity index (χ0v) is 18.0. The summed E-state index contributed by atoms with van der Waals surface area (Å²) < 4.78 is 53.5. The molecule has 0 radical (unpaired) electrons. The molecule has 0 fully saturated rings. The molecule has 0 aliphatic carbocycles. The van der Waals surface area contributed by atoms with Crippen molar-refractivity contribution in [2.24, 2.45) is 0 Å². The Morgan fingerprint density at radius 1 is 0.926 bits per heavy atom. The fourth-order valence-corrected chi connectivity index (χ4v) is 5.29. The summed E-state index contributed by atoms with van der Waals surface area (Å²) >= 11 is 0. The fourth-order valence-electron chi connectivity index (χ4n) is 3.85. The number of benzene rings is 1. The van der Waals surface area contributed by atoms with Gasteiger partial charge < -0.3 is 4.74 Å². The quantitative estimate of drug-likeness (QED) is 0.645. The van der Waals surface area contributed by atoms with Gasteiger partial charge in [0.1, 0.15) is 25.4 Å². The number of Topliss-reactive ketones (excluding diaryl/α,β-unsaturated/α-hetero) is 1. The Labute approximate surface area is 162 Å². The van der Waals surface area contributed by atoms with Gasteiger partial charge >= 0.3 is 0 Å².